The molecule has 0 saturated carbocycles. The van der Waals surface area contributed by atoms with Crippen molar-refractivity contribution in [1.29, 1.82) is 0 Å². The summed E-state index contributed by atoms with van der Waals surface area (Å²) in [5.41, 5.74) is 23.3. The van der Waals surface area contributed by atoms with Gasteiger partial charge in [0, 0.05) is 49.8 Å². The van der Waals surface area contributed by atoms with E-state index < -0.39 is 8.07 Å². The van der Waals surface area contributed by atoms with Crippen molar-refractivity contribution in [3.05, 3.63) is 174 Å². The Balaban J connectivity index is 1.22. The summed E-state index contributed by atoms with van der Waals surface area (Å²) in [7, 11) is -2.82. The molecule has 1 aromatic heterocycles. The molecule has 8 aromatic carbocycles. The van der Waals surface area contributed by atoms with Crippen molar-refractivity contribution in [2.24, 2.45) is 0 Å². The van der Waals surface area contributed by atoms with E-state index in [0.717, 1.165) is 0 Å². The van der Waals surface area contributed by atoms with Crippen LogP contribution in [-0.4, -0.2) is 19.4 Å². The van der Waals surface area contributed by atoms with E-state index in [9.17, 15) is 0 Å². The normalized spacial score (nSPS) is 16.1. The van der Waals surface area contributed by atoms with Crippen molar-refractivity contribution in [3.8, 4) is 33.4 Å². The lowest BCUT2D eigenvalue weighted by Gasteiger charge is -2.50. The van der Waals surface area contributed by atoms with Gasteiger partial charge in [0.25, 0.3) is 0 Å². The molecule has 0 atom stereocenters. The van der Waals surface area contributed by atoms with Gasteiger partial charge in [-0.3, -0.25) is 0 Å². The molecule has 9 aromatic rings. The molecule has 1 aliphatic carbocycles. The Morgan fingerprint density at radius 1 is 0.492 bits per heavy atom. The van der Waals surface area contributed by atoms with Gasteiger partial charge < -0.3 is 9.38 Å². The molecule has 0 N–H and O–H groups in total. The van der Waals surface area contributed by atoms with Crippen molar-refractivity contribution in [1.82, 2.24) is 4.48 Å². The second kappa shape index (κ2) is 11.4. The molecule has 0 bridgehead atoms. The number of hydrogen-bond donors (Lipinski definition) is 0. The summed E-state index contributed by atoms with van der Waals surface area (Å²) in [6, 6.07) is 60.2. The van der Waals surface area contributed by atoms with E-state index in [-0.39, 0.29) is 23.1 Å². The molecule has 14 rings (SSSR count). The Morgan fingerprint density at radius 2 is 1.11 bits per heavy atom. The van der Waals surface area contributed by atoms with Crippen molar-refractivity contribution in [2.45, 2.75) is 71.6 Å². The summed E-state index contributed by atoms with van der Waals surface area (Å²) in [5.74, 6) is 0. The maximum absolute atomic E-state index is 2.82. The molecular weight excluding hydrogens is 776 g/mol. The summed E-state index contributed by atoms with van der Waals surface area (Å²) in [6.07, 6.45) is 0. The number of rotatable bonds is 0. The zero-order valence-electron chi connectivity index (χ0n) is 37.4. The minimum absolute atomic E-state index is 0.0210. The summed E-state index contributed by atoms with van der Waals surface area (Å²) >= 11 is 0. The van der Waals surface area contributed by atoms with Crippen LogP contribution < -0.4 is 36.6 Å². The first kappa shape index (κ1) is 36.2. The highest BCUT2D eigenvalue weighted by Gasteiger charge is 2.58. The van der Waals surface area contributed by atoms with Crippen LogP contribution in [-0.2, 0) is 16.2 Å². The molecule has 63 heavy (non-hydrogen) atoms. The Hall–Kier alpha value is -6.36. The molecule has 1 spiro atoms. The highest BCUT2D eigenvalue weighted by molar-refractivity contribution is 7.24. The van der Waals surface area contributed by atoms with E-state index in [0.29, 0.717) is 0 Å². The van der Waals surface area contributed by atoms with Crippen molar-refractivity contribution >= 4 is 85.5 Å². The quantitative estimate of drug-likeness (QED) is 0.138. The smallest absolute Gasteiger partial charge is 0.333 e. The lowest BCUT2D eigenvalue weighted by atomic mass is 9.44. The van der Waals surface area contributed by atoms with Crippen LogP contribution in [0.5, 0.6) is 0 Å². The van der Waals surface area contributed by atoms with E-state index in [4.69, 9.17) is 0 Å². The number of hydrogen-bond acceptors (Lipinski definition) is 1. The zero-order chi connectivity index (χ0) is 42.7. The fourth-order valence-corrected chi connectivity index (χ4v) is 18.8. The van der Waals surface area contributed by atoms with Gasteiger partial charge in [0.15, 0.2) is 8.07 Å². The summed E-state index contributed by atoms with van der Waals surface area (Å²) < 4.78 is 2.80. The van der Waals surface area contributed by atoms with Crippen molar-refractivity contribution in [2.75, 3.05) is 4.90 Å². The Morgan fingerprint density at radius 3 is 1.83 bits per heavy atom. The molecule has 302 valence electrons. The largest absolute Gasteiger partial charge is 0.375 e. The van der Waals surface area contributed by atoms with E-state index in [1.165, 1.54) is 126 Å². The van der Waals surface area contributed by atoms with E-state index in [1.807, 2.05) is 0 Å². The first-order valence-electron chi connectivity index (χ1n) is 23.0. The fraction of sp³-hybridized carbons (Fsp3) is 0.186. The van der Waals surface area contributed by atoms with Gasteiger partial charge in [-0.2, -0.15) is 0 Å². The van der Waals surface area contributed by atoms with Crippen LogP contribution in [0.2, 0.25) is 0 Å². The van der Waals surface area contributed by atoms with Gasteiger partial charge in [0.1, 0.15) is 0 Å². The van der Waals surface area contributed by atoms with Crippen molar-refractivity contribution in [3.63, 3.8) is 0 Å². The molecule has 5 aliphatic rings. The second-order valence-corrected chi connectivity index (χ2v) is 25.3. The minimum Gasteiger partial charge on any atom is -0.375 e. The van der Waals surface area contributed by atoms with Crippen molar-refractivity contribution < 1.29 is 0 Å². The number of nitrogens with zero attached hydrogens (tertiary/aromatic N) is 2. The molecule has 5 heterocycles. The number of fused-ring (bicyclic) bond motifs is 20. The van der Waals surface area contributed by atoms with Crippen LogP contribution in [0.3, 0.4) is 0 Å². The predicted molar refractivity (Wildman–Crippen MR) is 271 cm³/mol. The maximum atomic E-state index is 2.80. The van der Waals surface area contributed by atoms with Gasteiger partial charge in [0.2, 0.25) is 0 Å². The Labute approximate surface area is 372 Å². The Kier molecular flexibility index (Phi) is 6.55. The van der Waals surface area contributed by atoms with Crippen LogP contribution in [0.15, 0.2) is 152 Å². The number of aromatic nitrogens is 1. The summed E-state index contributed by atoms with van der Waals surface area (Å²) in [5, 5.41) is 8.74. The predicted octanol–water partition coefficient (Wildman–Crippen LogP) is 10.8. The molecular formula is C59H49BN2Si. The molecule has 0 unspecified atom stereocenters. The van der Waals surface area contributed by atoms with Crippen LogP contribution in [0.25, 0.3) is 55.2 Å². The van der Waals surface area contributed by atoms with Crippen LogP contribution >= 0.6 is 0 Å². The van der Waals surface area contributed by atoms with Gasteiger partial charge in [0.05, 0.1) is 0 Å². The third kappa shape index (κ3) is 4.14. The molecule has 0 fully saturated rings. The van der Waals surface area contributed by atoms with Crippen LogP contribution in [0, 0.1) is 0 Å². The zero-order valence-corrected chi connectivity index (χ0v) is 38.4. The average Bonchev–Trinajstić information content (AvgIpc) is 3.85. The maximum Gasteiger partial charge on any atom is 0.333 e. The summed E-state index contributed by atoms with van der Waals surface area (Å²) in [4.78, 5) is 2.79. The third-order valence-electron chi connectivity index (χ3n) is 16.0. The van der Waals surface area contributed by atoms with Gasteiger partial charge in [-0.25, -0.2) is 0 Å². The molecule has 4 aliphatic heterocycles. The molecule has 0 radical (unpaired) electrons. The van der Waals surface area contributed by atoms with Gasteiger partial charge in [-0.15, -0.1) is 0 Å². The number of para-hydroxylation sites is 2. The molecule has 0 amide bonds. The minimum atomic E-state index is -2.82. The van der Waals surface area contributed by atoms with E-state index in [2.05, 4.69) is 216 Å². The average molecular weight is 825 g/mol. The second-order valence-electron chi connectivity index (χ2n) is 21.6. The summed E-state index contributed by atoms with van der Waals surface area (Å²) in [6.45, 7) is 19.1. The van der Waals surface area contributed by atoms with Gasteiger partial charge in [-0.05, 0) is 129 Å². The first-order chi connectivity index (χ1) is 30.3. The van der Waals surface area contributed by atoms with E-state index >= 15 is 0 Å². The lowest BCUT2D eigenvalue weighted by molar-refractivity contribution is 0.590. The number of anilines is 3. The number of benzene rings is 8. The Bertz CT molecular complexity index is 3550. The topological polar surface area (TPSA) is 8.17 Å². The molecule has 0 saturated heterocycles. The van der Waals surface area contributed by atoms with Crippen LogP contribution in [0.4, 0.5) is 17.1 Å². The third-order valence-corrected chi connectivity index (χ3v) is 21.0. The lowest BCUT2D eigenvalue weighted by Crippen LogP contribution is -2.77. The van der Waals surface area contributed by atoms with Gasteiger partial charge in [-0.1, -0.05) is 171 Å². The van der Waals surface area contributed by atoms with Crippen LogP contribution in [0.1, 0.15) is 77.6 Å². The first-order valence-corrected chi connectivity index (χ1v) is 25.0. The SMILES string of the molecule is CC(C)(C)c1ccc2c(c1)c1cc(C(C)(C)C)cc3c1n2B1c2cccc4c2N(c2ccccc2[Si]42c4ccccc4-c4ccccc42)c2c1c-3cc1c2C(C)(C)c2ccccc2-1. The van der Waals surface area contributed by atoms with Gasteiger partial charge >= 0.3 is 6.85 Å². The highest BCUT2D eigenvalue weighted by Crippen LogP contribution is 2.58. The molecule has 4 heteroatoms. The fourth-order valence-electron chi connectivity index (χ4n) is 13.3. The molecule has 2 nitrogen and oxygen atoms in total. The highest BCUT2D eigenvalue weighted by atomic mass is 28.3. The van der Waals surface area contributed by atoms with E-state index in [1.54, 1.807) is 0 Å². The standard InChI is InChI=1S/C59H49BN2Si/c1-57(2,3)34-28-29-46-39(30-34)42-31-35(58(4,5)6)32-43-41-33-40-36-18-9-12-21-44(36)59(7,8)52(40)56-53(41)60(62(46)54(42)43)45-22-17-27-51-55(45)61(56)47-23-13-16-26-50(47)63(51)48-24-14-10-19-37(48)38-20-11-15-25-49(38)63/h9-33H,1-8H3. The monoisotopic (exact) mass is 824 g/mol.